The minimum Gasteiger partial charge on any atom is -0.508 e. The molecule has 3 aliphatic rings. The SMILES string of the molecule is CCC(O)/C=C/C=C/C=C/C(=O)OC[C@H]1O[C@@H](O[C@H]2[C@@H](OC(=O)/C=C/C=C/CC(O)/C(C)=C/C=C/CCC(C)CC)[C@@H](O)C3(OCc4cc(O)cc(O)c43)O[C@@H]2CO)[C@H](O)[C@@H](O)[C@H]1O. The first-order valence-corrected chi connectivity index (χ1v) is 21.5. The summed E-state index contributed by atoms with van der Waals surface area (Å²) in [7, 11) is 0. The summed E-state index contributed by atoms with van der Waals surface area (Å²) in [5, 5.41) is 96.3. The molecule has 3 aliphatic heterocycles. The normalized spacial score (nSPS) is 30.4. The highest BCUT2D eigenvalue weighted by molar-refractivity contribution is 5.82. The average molecular weight is 901 g/mol. The van der Waals surface area contributed by atoms with Gasteiger partial charge in [0, 0.05) is 18.2 Å². The molecule has 2 fully saturated rings. The lowest BCUT2D eigenvalue weighted by atomic mass is 9.86. The molecular formula is C47H64O17. The average Bonchev–Trinajstić information content (AvgIpc) is 3.64. The molecule has 1 spiro atoms. The minimum absolute atomic E-state index is 0.121. The zero-order valence-electron chi connectivity index (χ0n) is 36.5. The molecule has 9 N–H and O–H groups in total. The summed E-state index contributed by atoms with van der Waals surface area (Å²) in [6.07, 6.45) is 6.33. The van der Waals surface area contributed by atoms with Crippen molar-refractivity contribution in [2.75, 3.05) is 13.2 Å². The standard InChI is InChI=1S/C47H64O17/c1-5-28(3)17-11-9-12-18-29(4)33(51)20-14-10-16-22-38(54)62-44-43(35(25-48)64-47(45(44)58)39-30(26-60-47)23-32(50)24-34(39)52)63-46-42(57)41(56)40(55)36(61-46)27-59-37(53)21-15-8-7-13-19-31(49)6-2/h7-10,12-16,18-19,21-24,28,31,33,35-36,40-46,48-52,55-58H,5-6,11,17,20,25-27H2,1-4H3/b8-7+,12-9+,14-10+,19-13+,21-15+,22-16+,29-18+/t28?,31?,33?,35-,36-,40+,41+,42-,43-,44-,45-,46+,47?/m1/s1. The Kier molecular flexibility index (Phi) is 20.6. The van der Waals surface area contributed by atoms with Crippen molar-refractivity contribution in [3.63, 3.8) is 0 Å². The van der Waals surface area contributed by atoms with Crippen LogP contribution in [-0.2, 0) is 50.4 Å². The van der Waals surface area contributed by atoms with Crippen LogP contribution in [0.3, 0.4) is 0 Å². The molecule has 0 bridgehead atoms. The maximum atomic E-state index is 13.4. The third-order valence-corrected chi connectivity index (χ3v) is 11.2. The Hall–Kier alpha value is -4.50. The molecule has 4 unspecified atom stereocenters. The van der Waals surface area contributed by atoms with Gasteiger partial charge in [-0.05, 0) is 55.7 Å². The second-order valence-electron chi connectivity index (χ2n) is 16.0. The fourth-order valence-corrected chi connectivity index (χ4v) is 7.09. The topological polar surface area (TPSA) is 272 Å². The summed E-state index contributed by atoms with van der Waals surface area (Å²) in [5.74, 6) is -4.40. The van der Waals surface area contributed by atoms with Crippen LogP contribution in [0, 0.1) is 5.92 Å². The Balaban J connectivity index is 1.51. The molecule has 2 saturated heterocycles. The number of allylic oxidation sites excluding steroid dienone is 9. The van der Waals surface area contributed by atoms with Crippen LogP contribution in [0.5, 0.6) is 11.5 Å². The molecule has 17 heteroatoms. The quantitative estimate of drug-likeness (QED) is 0.0488. The molecule has 1 aromatic carbocycles. The van der Waals surface area contributed by atoms with Crippen LogP contribution >= 0.6 is 0 Å². The highest BCUT2D eigenvalue weighted by Gasteiger charge is 2.63. The van der Waals surface area contributed by atoms with E-state index in [0.717, 1.165) is 43.1 Å². The first kappa shape index (κ1) is 52.1. The number of aromatic hydroxyl groups is 2. The zero-order chi connectivity index (χ0) is 47.0. The molecule has 354 valence electrons. The van der Waals surface area contributed by atoms with Gasteiger partial charge in [0.05, 0.1) is 31.0 Å². The van der Waals surface area contributed by atoms with E-state index >= 15 is 0 Å². The summed E-state index contributed by atoms with van der Waals surface area (Å²) >= 11 is 0. The highest BCUT2D eigenvalue weighted by Crippen LogP contribution is 2.51. The van der Waals surface area contributed by atoms with Gasteiger partial charge in [0.15, 0.2) is 18.5 Å². The van der Waals surface area contributed by atoms with Crippen molar-refractivity contribution < 1.29 is 84.0 Å². The summed E-state index contributed by atoms with van der Waals surface area (Å²) in [6, 6.07) is 2.25. The number of esters is 2. The van der Waals surface area contributed by atoms with Crippen molar-refractivity contribution in [2.24, 2.45) is 5.92 Å². The number of rotatable bonds is 21. The second kappa shape index (κ2) is 25.3. The van der Waals surface area contributed by atoms with Crippen LogP contribution in [0.2, 0.25) is 0 Å². The Morgan fingerprint density at radius 2 is 1.59 bits per heavy atom. The maximum Gasteiger partial charge on any atom is 0.331 e. The van der Waals surface area contributed by atoms with E-state index in [-0.39, 0.29) is 29.9 Å². The van der Waals surface area contributed by atoms with E-state index in [1.54, 1.807) is 31.2 Å². The van der Waals surface area contributed by atoms with E-state index in [9.17, 15) is 55.5 Å². The number of ether oxygens (including phenoxy) is 6. The molecular weight excluding hydrogens is 837 g/mol. The van der Waals surface area contributed by atoms with Crippen LogP contribution < -0.4 is 0 Å². The van der Waals surface area contributed by atoms with Gasteiger partial charge in [0.25, 0.3) is 0 Å². The number of fused-ring (bicyclic) bond motifs is 2. The van der Waals surface area contributed by atoms with Crippen LogP contribution in [0.25, 0.3) is 0 Å². The van der Waals surface area contributed by atoms with Gasteiger partial charge >= 0.3 is 11.9 Å². The molecule has 0 radical (unpaired) electrons. The molecule has 0 aromatic heterocycles. The van der Waals surface area contributed by atoms with Crippen LogP contribution in [0.4, 0.5) is 0 Å². The van der Waals surface area contributed by atoms with E-state index < -0.39 is 104 Å². The monoisotopic (exact) mass is 900 g/mol. The van der Waals surface area contributed by atoms with E-state index in [4.69, 9.17) is 28.4 Å². The van der Waals surface area contributed by atoms with Gasteiger partial charge in [-0.2, -0.15) is 0 Å². The van der Waals surface area contributed by atoms with E-state index in [2.05, 4.69) is 19.9 Å². The summed E-state index contributed by atoms with van der Waals surface area (Å²) < 4.78 is 34.6. The molecule has 17 nitrogen and oxygen atoms in total. The van der Waals surface area contributed by atoms with E-state index in [1.807, 2.05) is 19.1 Å². The van der Waals surface area contributed by atoms with Gasteiger partial charge < -0.3 is 74.4 Å². The molecule has 64 heavy (non-hydrogen) atoms. The number of phenols is 2. The number of phenolic OH excluding ortho intramolecular Hbond substituents is 2. The van der Waals surface area contributed by atoms with Crippen LogP contribution in [0.15, 0.2) is 96.7 Å². The third-order valence-electron chi connectivity index (χ3n) is 11.2. The van der Waals surface area contributed by atoms with Crippen molar-refractivity contribution in [2.45, 2.75) is 140 Å². The molecule has 1 aromatic rings. The summed E-state index contributed by atoms with van der Waals surface area (Å²) in [4.78, 5) is 25.8. The first-order chi connectivity index (χ1) is 30.6. The number of aliphatic hydroxyl groups excluding tert-OH is 7. The summed E-state index contributed by atoms with van der Waals surface area (Å²) in [6.45, 7) is 6.16. The van der Waals surface area contributed by atoms with E-state index in [1.165, 1.54) is 30.4 Å². The first-order valence-electron chi connectivity index (χ1n) is 21.5. The number of aliphatic hydroxyl groups is 7. The fraction of sp³-hybridized carbons (Fsp3) is 0.532. The zero-order valence-corrected chi connectivity index (χ0v) is 36.5. The number of carbonyl (C=O) groups excluding carboxylic acids is 2. The predicted molar refractivity (Wildman–Crippen MR) is 231 cm³/mol. The summed E-state index contributed by atoms with van der Waals surface area (Å²) in [5.41, 5.74) is 0.834. The van der Waals surface area contributed by atoms with E-state index in [0.29, 0.717) is 12.3 Å². The number of hydrogen-bond donors (Lipinski definition) is 9. The van der Waals surface area contributed by atoms with Gasteiger partial charge in [0.2, 0.25) is 5.79 Å². The number of hydrogen-bond acceptors (Lipinski definition) is 17. The molecule has 4 rings (SSSR count). The van der Waals surface area contributed by atoms with Gasteiger partial charge in [-0.25, -0.2) is 9.59 Å². The largest absolute Gasteiger partial charge is 0.508 e. The maximum absolute atomic E-state index is 13.4. The lowest BCUT2D eigenvalue weighted by Gasteiger charge is -2.50. The molecule has 0 amide bonds. The van der Waals surface area contributed by atoms with Gasteiger partial charge in [-0.15, -0.1) is 0 Å². The second-order valence-corrected chi connectivity index (χ2v) is 16.0. The Bertz CT molecular complexity index is 1890. The van der Waals surface area contributed by atoms with Crippen LogP contribution in [-0.4, -0.2) is 138 Å². The van der Waals surface area contributed by atoms with Crippen molar-refractivity contribution in [1.29, 1.82) is 0 Å². The van der Waals surface area contributed by atoms with Crippen molar-refractivity contribution >= 4 is 11.9 Å². The van der Waals surface area contributed by atoms with Crippen LogP contribution in [0.1, 0.15) is 70.9 Å². The lowest BCUT2D eigenvalue weighted by molar-refractivity contribution is -0.395. The molecule has 0 aliphatic carbocycles. The van der Waals surface area contributed by atoms with Gasteiger partial charge in [0.1, 0.15) is 54.7 Å². The van der Waals surface area contributed by atoms with Gasteiger partial charge in [-0.1, -0.05) is 94.0 Å². The third kappa shape index (κ3) is 14.0. The Morgan fingerprint density at radius 1 is 0.875 bits per heavy atom. The predicted octanol–water partition coefficient (Wildman–Crippen LogP) is 2.81. The highest BCUT2D eigenvalue weighted by atomic mass is 16.8. The fourth-order valence-electron chi connectivity index (χ4n) is 7.09. The Labute approximate surface area is 373 Å². The molecule has 0 saturated carbocycles. The van der Waals surface area contributed by atoms with Crippen molar-refractivity contribution in [3.05, 3.63) is 108 Å². The molecule has 13 atom stereocenters. The smallest absolute Gasteiger partial charge is 0.331 e. The Morgan fingerprint density at radius 3 is 2.31 bits per heavy atom. The van der Waals surface area contributed by atoms with Crippen molar-refractivity contribution in [1.82, 2.24) is 0 Å². The molecule has 3 heterocycles. The number of benzene rings is 1. The minimum atomic E-state index is -2.28. The van der Waals surface area contributed by atoms with Gasteiger partial charge in [-0.3, -0.25) is 0 Å². The number of carbonyl (C=O) groups is 2. The van der Waals surface area contributed by atoms with Crippen molar-refractivity contribution in [3.8, 4) is 11.5 Å². The lowest BCUT2D eigenvalue weighted by Crippen LogP contribution is -2.67.